The van der Waals surface area contributed by atoms with Crippen molar-refractivity contribution in [3.8, 4) is 0 Å². The normalized spacial score (nSPS) is 24.8. The number of carboxylic acid groups (broad SMARTS) is 1. The maximum atomic E-state index is 10.9. The maximum Gasteiger partial charge on any atom is 0.306 e. The highest BCUT2D eigenvalue weighted by Gasteiger charge is 2.27. The molecule has 3 nitrogen and oxygen atoms in total. The number of aryl methyl sites for hydroxylation is 1. The predicted octanol–water partition coefficient (Wildman–Crippen LogP) is 3.45. The first kappa shape index (κ1) is 12.6. The molecule has 0 saturated heterocycles. The lowest BCUT2D eigenvalue weighted by molar-refractivity contribution is -0.142. The van der Waals surface area contributed by atoms with Crippen LogP contribution in [0.5, 0.6) is 0 Å². The van der Waals surface area contributed by atoms with Crippen LogP contribution in [0.25, 0.3) is 0 Å². The van der Waals surface area contributed by atoms with Gasteiger partial charge in [-0.2, -0.15) is 0 Å². The SMILES string of the molecule is CCCc1nc(C2CCC(C(=O)O)CC2)cs1. The van der Waals surface area contributed by atoms with Crippen molar-refractivity contribution in [2.45, 2.75) is 51.4 Å². The van der Waals surface area contributed by atoms with Gasteiger partial charge in [-0.25, -0.2) is 4.98 Å². The molecule has 94 valence electrons. The Labute approximate surface area is 106 Å². The third-order valence-electron chi connectivity index (χ3n) is 3.53. The fourth-order valence-corrected chi connectivity index (χ4v) is 3.46. The average molecular weight is 253 g/mol. The summed E-state index contributed by atoms with van der Waals surface area (Å²) < 4.78 is 0. The first-order valence-electron chi connectivity index (χ1n) is 6.37. The summed E-state index contributed by atoms with van der Waals surface area (Å²) in [5.74, 6) is -0.263. The summed E-state index contributed by atoms with van der Waals surface area (Å²) in [6.45, 7) is 2.17. The molecule has 1 N–H and O–H groups in total. The van der Waals surface area contributed by atoms with Crippen LogP contribution in [-0.2, 0) is 11.2 Å². The van der Waals surface area contributed by atoms with Gasteiger partial charge in [-0.1, -0.05) is 6.92 Å². The first-order valence-corrected chi connectivity index (χ1v) is 7.25. The van der Waals surface area contributed by atoms with Crippen molar-refractivity contribution in [1.82, 2.24) is 4.98 Å². The van der Waals surface area contributed by atoms with E-state index < -0.39 is 5.97 Å². The van der Waals surface area contributed by atoms with E-state index in [1.54, 1.807) is 11.3 Å². The Bertz CT molecular complexity index is 381. The van der Waals surface area contributed by atoms with E-state index in [-0.39, 0.29) is 5.92 Å². The standard InChI is InChI=1S/C13H19NO2S/c1-2-3-12-14-11(8-17-12)9-4-6-10(7-5-9)13(15)16/h8-10H,2-7H2,1H3,(H,15,16). The zero-order valence-corrected chi connectivity index (χ0v) is 11.0. The fourth-order valence-electron chi connectivity index (χ4n) is 2.48. The highest BCUT2D eigenvalue weighted by atomic mass is 32.1. The van der Waals surface area contributed by atoms with Gasteiger partial charge in [0, 0.05) is 11.3 Å². The van der Waals surface area contributed by atoms with Crippen molar-refractivity contribution >= 4 is 17.3 Å². The minimum absolute atomic E-state index is 0.125. The van der Waals surface area contributed by atoms with Gasteiger partial charge in [0.15, 0.2) is 0 Å². The minimum atomic E-state index is -0.631. The summed E-state index contributed by atoms with van der Waals surface area (Å²) in [5.41, 5.74) is 1.20. The lowest BCUT2D eigenvalue weighted by Crippen LogP contribution is -2.20. The van der Waals surface area contributed by atoms with E-state index in [4.69, 9.17) is 5.11 Å². The zero-order valence-electron chi connectivity index (χ0n) is 10.2. The van der Waals surface area contributed by atoms with Gasteiger partial charge in [0.05, 0.1) is 16.6 Å². The highest BCUT2D eigenvalue weighted by molar-refractivity contribution is 7.09. The van der Waals surface area contributed by atoms with Crippen LogP contribution < -0.4 is 0 Å². The quantitative estimate of drug-likeness (QED) is 0.894. The molecule has 1 aliphatic carbocycles. The predicted molar refractivity (Wildman–Crippen MR) is 68.4 cm³/mol. The van der Waals surface area contributed by atoms with Gasteiger partial charge in [-0.15, -0.1) is 11.3 Å². The molecular weight excluding hydrogens is 234 g/mol. The van der Waals surface area contributed by atoms with Gasteiger partial charge in [0.25, 0.3) is 0 Å². The van der Waals surface area contributed by atoms with Crippen LogP contribution in [0, 0.1) is 5.92 Å². The molecule has 0 aliphatic heterocycles. The van der Waals surface area contributed by atoms with Crippen LogP contribution in [-0.4, -0.2) is 16.1 Å². The maximum absolute atomic E-state index is 10.9. The van der Waals surface area contributed by atoms with Crippen LogP contribution in [0.2, 0.25) is 0 Å². The molecule has 0 spiro atoms. The Balaban J connectivity index is 1.93. The van der Waals surface area contributed by atoms with Crippen molar-refractivity contribution in [3.05, 3.63) is 16.1 Å². The smallest absolute Gasteiger partial charge is 0.306 e. The molecule has 0 radical (unpaired) electrons. The summed E-state index contributed by atoms with van der Waals surface area (Å²) >= 11 is 1.75. The molecule has 0 atom stereocenters. The zero-order chi connectivity index (χ0) is 12.3. The third-order valence-corrected chi connectivity index (χ3v) is 4.45. The Kier molecular flexibility index (Phi) is 4.15. The number of carbonyl (C=O) groups is 1. The number of aromatic nitrogens is 1. The molecular formula is C13H19NO2S. The first-order chi connectivity index (χ1) is 8.20. The Morgan fingerprint density at radius 1 is 1.47 bits per heavy atom. The molecule has 1 heterocycles. The molecule has 2 rings (SSSR count). The van der Waals surface area contributed by atoms with Crippen LogP contribution >= 0.6 is 11.3 Å². The van der Waals surface area contributed by atoms with E-state index in [1.165, 1.54) is 10.7 Å². The average Bonchev–Trinajstić information content (AvgIpc) is 2.78. The molecule has 1 aromatic heterocycles. The summed E-state index contributed by atoms with van der Waals surface area (Å²) in [6.07, 6.45) is 5.77. The summed E-state index contributed by atoms with van der Waals surface area (Å²) in [5, 5.41) is 12.3. The second-order valence-electron chi connectivity index (χ2n) is 4.80. The number of hydrogen-bond donors (Lipinski definition) is 1. The second kappa shape index (κ2) is 5.63. The van der Waals surface area contributed by atoms with Gasteiger partial charge in [0.1, 0.15) is 0 Å². The number of hydrogen-bond acceptors (Lipinski definition) is 3. The monoisotopic (exact) mass is 253 g/mol. The number of thiazole rings is 1. The Hall–Kier alpha value is -0.900. The lowest BCUT2D eigenvalue weighted by Gasteiger charge is -2.24. The highest BCUT2D eigenvalue weighted by Crippen LogP contribution is 2.36. The van der Waals surface area contributed by atoms with E-state index in [0.29, 0.717) is 5.92 Å². The van der Waals surface area contributed by atoms with Crippen molar-refractivity contribution < 1.29 is 9.90 Å². The number of rotatable bonds is 4. The van der Waals surface area contributed by atoms with Crippen LogP contribution in [0.4, 0.5) is 0 Å². The van der Waals surface area contributed by atoms with E-state index in [0.717, 1.165) is 38.5 Å². The summed E-state index contributed by atoms with van der Waals surface area (Å²) in [7, 11) is 0. The van der Waals surface area contributed by atoms with Gasteiger partial charge >= 0.3 is 5.97 Å². The summed E-state index contributed by atoms with van der Waals surface area (Å²) in [4.78, 5) is 15.5. The molecule has 17 heavy (non-hydrogen) atoms. The largest absolute Gasteiger partial charge is 0.481 e. The van der Waals surface area contributed by atoms with E-state index in [9.17, 15) is 4.79 Å². The topological polar surface area (TPSA) is 50.2 Å². The minimum Gasteiger partial charge on any atom is -0.481 e. The molecule has 1 aromatic rings. The molecule has 0 amide bonds. The van der Waals surface area contributed by atoms with Crippen molar-refractivity contribution in [3.63, 3.8) is 0 Å². The molecule has 4 heteroatoms. The molecule has 0 bridgehead atoms. The lowest BCUT2D eigenvalue weighted by atomic mass is 9.81. The third kappa shape index (κ3) is 3.06. The van der Waals surface area contributed by atoms with Gasteiger partial charge in [-0.3, -0.25) is 4.79 Å². The van der Waals surface area contributed by atoms with Crippen LogP contribution in [0.15, 0.2) is 5.38 Å². The Morgan fingerprint density at radius 3 is 2.76 bits per heavy atom. The van der Waals surface area contributed by atoms with Crippen LogP contribution in [0.1, 0.15) is 55.6 Å². The summed E-state index contributed by atoms with van der Waals surface area (Å²) in [6, 6.07) is 0. The van der Waals surface area contributed by atoms with Crippen molar-refractivity contribution in [2.24, 2.45) is 5.92 Å². The second-order valence-corrected chi connectivity index (χ2v) is 5.75. The van der Waals surface area contributed by atoms with Gasteiger partial charge < -0.3 is 5.11 Å². The van der Waals surface area contributed by atoms with Gasteiger partial charge in [-0.05, 0) is 38.5 Å². The van der Waals surface area contributed by atoms with E-state index in [2.05, 4.69) is 17.3 Å². The van der Waals surface area contributed by atoms with Crippen molar-refractivity contribution in [1.29, 1.82) is 0 Å². The van der Waals surface area contributed by atoms with E-state index in [1.807, 2.05) is 0 Å². The number of carboxylic acids is 1. The molecule has 1 aliphatic rings. The van der Waals surface area contributed by atoms with Crippen LogP contribution in [0.3, 0.4) is 0 Å². The fraction of sp³-hybridized carbons (Fsp3) is 0.692. The molecule has 1 saturated carbocycles. The molecule has 0 unspecified atom stereocenters. The molecule has 1 fully saturated rings. The number of nitrogens with zero attached hydrogens (tertiary/aromatic N) is 1. The Morgan fingerprint density at radius 2 is 2.18 bits per heavy atom. The van der Waals surface area contributed by atoms with Crippen molar-refractivity contribution in [2.75, 3.05) is 0 Å². The molecule has 0 aromatic carbocycles. The van der Waals surface area contributed by atoms with E-state index >= 15 is 0 Å². The number of aliphatic carboxylic acids is 1. The van der Waals surface area contributed by atoms with Gasteiger partial charge in [0.2, 0.25) is 0 Å².